The van der Waals surface area contributed by atoms with E-state index < -0.39 is 0 Å². The van der Waals surface area contributed by atoms with Crippen molar-refractivity contribution in [2.24, 2.45) is 0 Å². The molecule has 0 unspecified atom stereocenters. The fourth-order valence-corrected chi connectivity index (χ4v) is 2.46. The largest absolute Gasteiger partial charge is 0.488 e. The number of benzene rings is 1. The Morgan fingerprint density at radius 2 is 2.17 bits per heavy atom. The molecular formula is C18H25NO4. The van der Waals surface area contributed by atoms with Gasteiger partial charge in [-0.05, 0) is 24.1 Å². The van der Waals surface area contributed by atoms with Gasteiger partial charge in [-0.2, -0.15) is 0 Å². The second-order valence-corrected chi connectivity index (χ2v) is 5.58. The van der Waals surface area contributed by atoms with Gasteiger partial charge in [0.25, 0.3) is 0 Å². The van der Waals surface area contributed by atoms with Crippen molar-refractivity contribution < 1.29 is 19.4 Å². The minimum Gasteiger partial charge on any atom is -0.488 e. The second-order valence-electron chi connectivity index (χ2n) is 5.58. The van der Waals surface area contributed by atoms with Gasteiger partial charge in [0.15, 0.2) is 0 Å². The maximum absolute atomic E-state index is 12.0. The van der Waals surface area contributed by atoms with Crippen LogP contribution in [0.25, 0.3) is 0 Å². The number of ether oxygens (including phenoxy) is 2. The van der Waals surface area contributed by atoms with Crippen LogP contribution in [0.5, 0.6) is 5.75 Å². The Kier molecular flexibility index (Phi) is 7.10. The summed E-state index contributed by atoms with van der Waals surface area (Å²) in [5.41, 5.74) is 0.844. The van der Waals surface area contributed by atoms with Crippen LogP contribution in [0.1, 0.15) is 31.7 Å². The van der Waals surface area contributed by atoms with Crippen molar-refractivity contribution in [3.63, 3.8) is 0 Å². The number of aliphatic hydroxyl groups excluding tert-OH is 1. The molecule has 1 saturated heterocycles. The first kappa shape index (κ1) is 17.5. The minimum absolute atomic E-state index is 0.0154. The summed E-state index contributed by atoms with van der Waals surface area (Å²) < 4.78 is 11.5. The predicted octanol–water partition coefficient (Wildman–Crippen LogP) is 2.19. The van der Waals surface area contributed by atoms with E-state index in [2.05, 4.69) is 5.32 Å². The average Bonchev–Trinajstić information content (AvgIpc) is 2.57. The molecule has 0 aliphatic carbocycles. The van der Waals surface area contributed by atoms with E-state index >= 15 is 0 Å². The number of aliphatic hydroxyl groups is 1. The lowest BCUT2D eigenvalue weighted by Gasteiger charge is -2.32. The first-order chi connectivity index (χ1) is 11.2. The fraction of sp³-hybridized carbons (Fsp3) is 0.500. The Morgan fingerprint density at radius 1 is 1.39 bits per heavy atom. The third-order valence-electron chi connectivity index (χ3n) is 3.74. The van der Waals surface area contributed by atoms with Gasteiger partial charge in [0.2, 0.25) is 5.91 Å². The highest BCUT2D eigenvalue weighted by Crippen LogP contribution is 2.19. The number of rotatable bonds is 7. The van der Waals surface area contributed by atoms with Gasteiger partial charge < -0.3 is 19.9 Å². The van der Waals surface area contributed by atoms with Crippen molar-refractivity contribution in [2.45, 2.75) is 44.9 Å². The first-order valence-electron chi connectivity index (χ1n) is 8.11. The van der Waals surface area contributed by atoms with Gasteiger partial charge in [-0.1, -0.05) is 31.2 Å². The van der Waals surface area contributed by atoms with Crippen LogP contribution in [0.2, 0.25) is 0 Å². The molecule has 0 spiro atoms. The number of allylic oxidation sites excluding steroid dienone is 1. The lowest BCUT2D eigenvalue weighted by Crippen LogP contribution is -2.51. The molecule has 1 aliphatic rings. The van der Waals surface area contributed by atoms with Crippen molar-refractivity contribution in [3.8, 4) is 5.75 Å². The van der Waals surface area contributed by atoms with Crippen LogP contribution < -0.4 is 10.1 Å². The molecule has 2 N–H and O–H groups in total. The van der Waals surface area contributed by atoms with E-state index in [-0.39, 0.29) is 24.7 Å². The van der Waals surface area contributed by atoms with Gasteiger partial charge in [0.05, 0.1) is 25.9 Å². The molecule has 0 bridgehead atoms. The van der Waals surface area contributed by atoms with Crippen LogP contribution in [0, 0.1) is 0 Å². The molecule has 1 aromatic rings. The Morgan fingerprint density at radius 3 is 2.87 bits per heavy atom. The van der Waals surface area contributed by atoms with Crippen molar-refractivity contribution in [2.75, 3.05) is 13.2 Å². The molecule has 5 heteroatoms. The molecule has 1 amide bonds. The molecule has 2 rings (SSSR count). The fourth-order valence-electron chi connectivity index (χ4n) is 2.46. The van der Waals surface area contributed by atoms with E-state index in [0.29, 0.717) is 19.6 Å². The molecule has 0 aromatic heterocycles. The topological polar surface area (TPSA) is 67.8 Å². The van der Waals surface area contributed by atoms with Crippen molar-refractivity contribution in [3.05, 3.63) is 42.0 Å². The van der Waals surface area contributed by atoms with E-state index in [1.54, 1.807) is 0 Å². The summed E-state index contributed by atoms with van der Waals surface area (Å²) >= 11 is 0. The van der Waals surface area contributed by atoms with Gasteiger partial charge in [-0.15, -0.1) is 0 Å². The van der Waals surface area contributed by atoms with Crippen molar-refractivity contribution in [1.82, 2.24) is 5.32 Å². The van der Waals surface area contributed by atoms with Crippen LogP contribution in [-0.4, -0.2) is 36.4 Å². The van der Waals surface area contributed by atoms with Gasteiger partial charge in [0.1, 0.15) is 11.9 Å². The summed E-state index contributed by atoms with van der Waals surface area (Å²) in [6, 6.07) is 7.19. The third-order valence-corrected chi connectivity index (χ3v) is 3.74. The Labute approximate surface area is 137 Å². The summed E-state index contributed by atoms with van der Waals surface area (Å²) in [5, 5.41) is 12.1. The monoisotopic (exact) mass is 319 g/mol. The molecule has 1 aromatic carbocycles. The maximum Gasteiger partial charge on any atom is 0.224 e. The maximum atomic E-state index is 12.0. The van der Waals surface area contributed by atoms with Gasteiger partial charge >= 0.3 is 0 Å². The van der Waals surface area contributed by atoms with Crippen LogP contribution in [0.4, 0.5) is 0 Å². The lowest BCUT2D eigenvalue weighted by atomic mass is 10.1. The molecule has 1 fully saturated rings. The number of hydrogen-bond donors (Lipinski definition) is 2. The van der Waals surface area contributed by atoms with E-state index in [9.17, 15) is 4.79 Å². The van der Waals surface area contributed by atoms with Crippen LogP contribution >= 0.6 is 0 Å². The molecule has 5 nitrogen and oxygen atoms in total. The van der Waals surface area contributed by atoms with E-state index in [0.717, 1.165) is 24.2 Å². The zero-order valence-corrected chi connectivity index (χ0v) is 13.5. The number of nitrogens with one attached hydrogen (secondary N) is 1. The molecule has 1 aliphatic heterocycles. The van der Waals surface area contributed by atoms with Crippen LogP contribution in [-0.2, 0) is 16.1 Å². The van der Waals surface area contributed by atoms with Crippen LogP contribution in [0.15, 0.2) is 36.4 Å². The Hall–Kier alpha value is -1.85. The van der Waals surface area contributed by atoms with E-state index in [4.69, 9.17) is 14.6 Å². The number of carbonyl (C=O) groups is 1. The smallest absolute Gasteiger partial charge is 0.224 e. The normalized spacial score (nSPS) is 21.3. The lowest BCUT2D eigenvalue weighted by molar-refractivity contribution is -0.123. The second kappa shape index (κ2) is 9.33. The number of carbonyl (C=O) groups excluding carboxylic acids is 1. The quantitative estimate of drug-likeness (QED) is 0.756. The molecule has 23 heavy (non-hydrogen) atoms. The highest BCUT2D eigenvalue weighted by Gasteiger charge is 2.28. The molecule has 126 valence electrons. The van der Waals surface area contributed by atoms with E-state index in [1.807, 2.05) is 43.3 Å². The predicted molar refractivity (Wildman–Crippen MR) is 88.2 cm³/mol. The summed E-state index contributed by atoms with van der Waals surface area (Å²) in [6.45, 7) is 3.14. The van der Waals surface area contributed by atoms with Crippen LogP contribution in [0.3, 0.4) is 0 Å². The molecule has 1 heterocycles. The van der Waals surface area contributed by atoms with Crippen molar-refractivity contribution >= 4 is 5.91 Å². The van der Waals surface area contributed by atoms with E-state index in [1.165, 1.54) is 0 Å². The SMILES string of the molecule is CCC=CCC(=O)N[C@@H]1COCC[C@H]1Oc1ccc(CO)cc1. The molecule has 0 saturated carbocycles. The summed E-state index contributed by atoms with van der Waals surface area (Å²) in [4.78, 5) is 12.0. The van der Waals surface area contributed by atoms with Gasteiger partial charge in [-0.3, -0.25) is 4.79 Å². The molecule has 0 radical (unpaired) electrons. The zero-order chi connectivity index (χ0) is 16.5. The Balaban J connectivity index is 1.91. The minimum atomic E-state index is -0.149. The zero-order valence-electron chi connectivity index (χ0n) is 13.5. The number of hydrogen-bond acceptors (Lipinski definition) is 4. The summed E-state index contributed by atoms with van der Waals surface area (Å²) in [5.74, 6) is 0.716. The summed E-state index contributed by atoms with van der Waals surface area (Å²) in [7, 11) is 0. The summed E-state index contributed by atoms with van der Waals surface area (Å²) in [6.07, 6.45) is 5.79. The number of amides is 1. The molecule has 2 atom stereocenters. The first-order valence-corrected chi connectivity index (χ1v) is 8.11. The Bertz CT molecular complexity index is 512. The van der Waals surface area contributed by atoms with Gasteiger partial charge in [0, 0.05) is 12.8 Å². The average molecular weight is 319 g/mol. The third kappa shape index (κ3) is 5.69. The molecular weight excluding hydrogens is 294 g/mol. The van der Waals surface area contributed by atoms with Crippen molar-refractivity contribution in [1.29, 1.82) is 0 Å². The highest BCUT2D eigenvalue weighted by atomic mass is 16.5. The van der Waals surface area contributed by atoms with Gasteiger partial charge in [-0.25, -0.2) is 0 Å². The highest BCUT2D eigenvalue weighted by molar-refractivity contribution is 5.77. The standard InChI is InChI=1S/C18H25NO4/c1-2-3-4-5-18(21)19-16-13-22-11-10-17(16)23-15-8-6-14(12-20)7-9-15/h3-4,6-9,16-17,20H,2,5,10-13H2,1H3,(H,19,21)/t16-,17-/m1/s1.